The summed E-state index contributed by atoms with van der Waals surface area (Å²) in [6.45, 7) is 0. The van der Waals surface area contributed by atoms with Crippen molar-refractivity contribution in [1.82, 2.24) is 5.32 Å². The van der Waals surface area contributed by atoms with E-state index in [4.69, 9.17) is 29.0 Å². The Morgan fingerprint density at radius 3 is 2.80 bits per heavy atom. The van der Waals surface area contributed by atoms with Crippen LogP contribution in [0.2, 0.25) is 5.02 Å². The van der Waals surface area contributed by atoms with Gasteiger partial charge in [0.2, 0.25) is 5.00 Å². The average Bonchev–Trinajstić information content (AvgIpc) is 2.90. The number of thiocarbonyl (C=S) groups is 1. The SMILES string of the molecule is O=C(NC(=S)Nc1ccccc1Cl)c1csc([NH2+]O)c1. The number of nitrogens with two attached hydrogens (primary N) is 1. The number of hydrogen-bond donors (Lipinski definition) is 4. The molecule has 0 atom stereocenters. The highest BCUT2D eigenvalue weighted by Gasteiger charge is 2.12. The quantitative estimate of drug-likeness (QED) is 0.514. The Kier molecular flexibility index (Phi) is 5.05. The third-order valence-electron chi connectivity index (χ3n) is 2.36. The summed E-state index contributed by atoms with van der Waals surface area (Å²) in [4.78, 5) is 11.9. The predicted molar refractivity (Wildman–Crippen MR) is 82.8 cm³/mol. The maximum absolute atomic E-state index is 11.9. The number of hydrogen-bond acceptors (Lipinski definition) is 4. The van der Waals surface area contributed by atoms with Crippen LogP contribution in [0, 0.1) is 0 Å². The van der Waals surface area contributed by atoms with E-state index in [9.17, 15) is 4.79 Å². The van der Waals surface area contributed by atoms with E-state index in [0.717, 1.165) is 5.48 Å². The molecule has 5 N–H and O–H groups in total. The van der Waals surface area contributed by atoms with Crippen molar-refractivity contribution in [2.75, 3.05) is 5.32 Å². The van der Waals surface area contributed by atoms with Crippen molar-refractivity contribution < 1.29 is 15.5 Å². The van der Waals surface area contributed by atoms with Gasteiger partial charge in [-0.05, 0) is 24.4 Å². The molecule has 0 aliphatic heterocycles. The van der Waals surface area contributed by atoms with Crippen molar-refractivity contribution in [1.29, 1.82) is 0 Å². The van der Waals surface area contributed by atoms with Crippen LogP contribution in [0.3, 0.4) is 0 Å². The topological polar surface area (TPSA) is 78.0 Å². The number of benzene rings is 1. The molecule has 0 aliphatic rings. The van der Waals surface area contributed by atoms with E-state index in [1.165, 1.54) is 11.3 Å². The Bertz CT molecular complexity index is 645. The molecular formula is C12H11ClN3O2S2+. The molecule has 0 radical (unpaired) electrons. The third kappa shape index (κ3) is 3.75. The smallest absolute Gasteiger partial charge is 0.258 e. The second-order valence-corrected chi connectivity index (χ2v) is 5.51. The number of para-hydroxylation sites is 1. The zero-order chi connectivity index (χ0) is 14.5. The van der Waals surface area contributed by atoms with Gasteiger partial charge >= 0.3 is 0 Å². The lowest BCUT2D eigenvalue weighted by molar-refractivity contribution is -0.823. The highest BCUT2D eigenvalue weighted by Crippen LogP contribution is 2.20. The number of anilines is 1. The van der Waals surface area contributed by atoms with Gasteiger partial charge < -0.3 is 5.32 Å². The van der Waals surface area contributed by atoms with Gasteiger partial charge in [0.05, 0.1) is 16.3 Å². The van der Waals surface area contributed by atoms with Crippen LogP contribution < -0.4 is 16.1 Å². The van der Waals surface area contributed by atoms with Crippen molar-refractivity contribution in [2.45, 2.75) is 0 Å². The zero-order valence-electron chi connectivity index (χ0n) is 10.1. The lowest BCUT2D eigenvalue weighted by Crippen LogP contribution is -2.73. The minimum absolute atomic E-state index is 0.156. The predicted octanol–water partition coefficient (Wildman–Crippen LogP) is 2.11. The highest BCUT2D eigenvalue weighted by molar-refractivity contribution is 7.80. The summed E-state index contributed by atoms with van der Waals surface area (Å²) in [5, 5.41) is 17.1. The Hall–Kier alpha value is -1.51. The van der Waals surface area contributed by atoms with Crippen LogP contribution in [0.4, 0.5) is 10.7 Å². The van der Waals surface area contributed by atoms with E-state index in [1.807, 2.05) is 0 Å². The van der Waals surface area contributed by atoms with E-state index in [1.54, 1.807) is 35.7 Å². The molecule has 0 unspecified atom stereocenters. The molecule has 8 heteroatoms. The maximum Gasteiger partial charge on any atom is 0.258 e. The lowest BCUT2D eigenvalue weighted by Gasteiger charge is -2.09. The summed E-state index contributed by atoms with van der Waals surface area (Å²) in [7, 11) is 0. The molecule has 0 bridgehead atoms. The van der Waals surface area contributed by atoms with Gasteiger partial charge in [-0.3, -0.25) is 10.1 Å². The first-order valence-corrected chi connectivity index (χ1v) is 7.19. The van der Waals surface area contributed by atoms with Crippen LogP contribution >= 0.6 is 35.2 Å². The zero-order valence-corrected chi connectivity index (χ0v) is 12.5. The van der Waals surface area contributed by atoms with Gasteiger partial charge in [-0.25, -0.2) is 5.21 Å². The Labute approximate surface area is 129 Å². The standard InChI is InChI=1S/C12H10ClN3O2S2/c13-8-3-1-2-4-9(8)14-12(19)15-11(17)7-5-10(16-18)20-6-7/h1-6,16,18H,(H2,14,15,17,19)/p+1. The van der Waals surface area contributed by atoms with Gasteiger partial charge in [0.1, 0.15) is 0 Å². The molecule has 104 valence electrons. The number of nitrogens with one attached hydrogen (secondary N) is 2. The van der Waals surface area contributed by atoms with Gasteiger partial charge in [-0.1, -0.05) is 35.1 Å². The first-order valence-electron chi connectivity index (χ1n) is 5.53. The van der Waals surface area contributed by atoms with Crippen LogP contribution in [0.15, 0.2) is 35.7 Å². The summed E-state index contributed by atoms with van der Waals surface area (Å²) >= 11 is 12.3. The molecule has 2 aromatic rings. The summed E-state index contributed by atoms with van der Waals surface area (Å²) in [6.07, 6.45) is 0. The number of carbonyl (C=O) groups is 1. The largest absolute Gasteiger partial charge is 0.331 e. The van der Waals surface area contributed by atoms with Gasteiger partial charge in [0.25, 0.3) is 5.91 Å². The molecule has 0 saturated carbocycles. The average molecular weight is 329 g/mol. The Balaban J connectivity index is 1.98. The number of halogens is 1. The summed E-state index contributed by atoms with van der Waals surface area (Å²) < 4.78 is 0. The van der Waals surface area contributed by atoms with Crippen molar-refractivity contribution in [3.63, 3.8) is 0 Å². The monoisotopic (exact) mass is 328 g/mol. The van der Waals surface area contributed by atoms with E-state index >= 15 is 0 Å². The van der Waals surface area contributed by atoms with Crippen LogP contribution in [-0.2, 0) is 0 Å². The molecule has 2 rings (SSSR count). The van der Waals surface area contributed by atoms with Crippen molar-refractivity contribution in [2.24, 2.45) is 0 Å². The lowest BCUT2D eigenvalue weighted by atomic mass is 10.3. The maximum atomic E-state index is 11.9. The molecule has 0 saturated heterocycles. The molecule has 1 heterocycles. The van der Waals surface area contributed by atoms with Gasteiger partial charge in [-0.15, -0.1) is 0 Å². The molecule has 1 aromatic carbocycles. The number of thiophene rings is 1. The molecule has 1 aromatic heterocycles. The third-order valence-corrected chi connectivity index (χ3v) is 3.76. The minimum Gasteiger partial charge on any atom is -0.331 e. The Morgan fingerprint density at radius 2 is 2.15 bits per heavy atom. The number of rotatable bonds is 3. The fourth-order valence-corrected chi connectivity index (χ4v) is 2.51. The number of amides is 1. The van der Waals surface area contributed by atoms with Gasteiger partial charge in [-0.2, -0.15) is 5.48 Å². The molecule has 1 amide bonds. The highest BCUT2D eigenvalue weighted by atomic mass is 35.5. The minimum atomic E-state index is -0.348. The van der Waals surface area contributed by atoms with Crippen LogP contribution in [0.1, 0.15) is 10.4 Å². The van der Waals surface area contributed by atoms with E-state index in [2.05, 4.69) is 10.6 Å². The van der Waals surface area contributed by atoms with Crippen molar-refractivity contribution >= 4 is 56.9 Å². The normalized spacial score (nSPS) is 10.1. The summed E-state index contributed by atoms with van der Waals surface area (Å²) in [5.41, 5.74) is 2.00. The summed E-state index contributed by atoms with van der Waals surface area (Å²) in [5.74, 6) is -0.348. The first-order chi connectivity index (χ1) is 9.60. The molecule has 0 fully saturated rings. The Morgan fingerprint density at radius 1 is 1.40 bits per heavy atom. The molecule has 0 aliphatic carbocycles. The van der Waals surface area contributed by atoms with Gasteiger partial charge in [0, 0.05) is 11.4 Å². The number of quaternary nitrogens is 1. The molecule has 0 spiro atoms. The van der Waals surface area contributed by atoms with Gasteiger partial charge in [0.15, 0.2) is 5.11 Å². The van der Waals surface area contributed by atoms with E-state index < -0.39 is 0 Å². The van der Waals surface area contributed by atoms with Crippen molar-refractivity contribution in [3.8, 4) is 0 Å². The molecule has 20 heavy (non-hydrogen) atoms. The van der Waals surface area contributed by atoms with E-state index in [0.29, 0.717) is 21.3 Å². The van der Waals surface area contributed by atoms with Crippen LogP contribution in [-0.4, -0.2) is 16.2 Å². The fraction of sp³-hybridized carbons (Fsp3) is 0. The molecule has 5 nitrogen and oxygen atoms in total. The fourth-order valence-electron chi connectivity index (χ4n) is 1.43. The van der Waals surface area contributed by atoms with Crippen LogP contribution in [0.5, 0.6) is 0 Å². The van der Waals surface area contributed by atoms with Crippen LogP contribution in [0.25, 0.3) is 0 Å². The molecular weight excluding hydrogens is 318 g/mol. The van der Waals surface area contributed by atoms with Crippen molar-refractivity contribution in [3.05, 3.63) is 46.3 Å². The summed E-state index contributed by atoms with van der Waals surface area (Å²) in [6, 6.07) is 8.65. The van der Waals surface area contributed by atoms with E-state index in [-0.39, 0.29) is 11.0 Å². The number of carbonyl (C=O) groups excluding carboxylic acids is 1. The first kappa shape index (κ1) is 14.9. The second-order valence-electron chi connectivity index (χ2n) is 3.75. The second kappa shape index (κ2) is 6.78.